The highest BCUT2D eigenvalue weighted by Crippen LogP contribution is 2.23. The fraction of sp³-hybridized carbons (Fsp3) is 1.00. The molecule has 2 aliphatic rings. The van der Waals surface area contributed by atoms with E-state index in [2.05, 4.69) is 17.1 Å². The molecule has 16 heavy (non-hydrogen) atoms. The standard InChI is InChI=1S/C13H26N2O/c1-12-11-15(8-9-16-12)7-6-14-10-13-4-2-3-5-13/h12-14H,2-11H2,1H3. The second kappa shape index (κ2) is 6.58. The van der Waals surface area contributed by atoms with E-state index in [-0.39, 0.29) is 0 Å². The van der Waals surface area contributed by atoms with E-state index in [9.17, 15) is 0 Å². The molecule has 94 valence electrons. The van der Waals surface area contributed by atoms with E-state index < -0.39 is 0 Å². The maximum atomic E-state index is 5.53. The first-order chi connectivity index (χ1) is 7.84. The van der Waals surface area contributed by atoms with Gasteiger partial charge >= 0.3 is 0 Å². The number of hydrogen-bond donors (Lipinski definition) is 1. The van der Waals surface area contributed by atoms with Gasteiger partial charge in [0.15, 0.2) is 0 Å². The molecule has 1 aliphatic carbocycles. The van der Waals surface area contributed by atoms with Crippen molar-refractivity contribution in [3.63, 3.8) is 0 Å². The lowest BCUT2D eigenvalue weighted by Gasteiger charge is -2.31. The SMILES string of the molecule is CC1CN(CCNCC2CCCC2)CCO1. The summed E-state index contributed by atoms with van der Waals surface area (Å²) < 4.78 is 5.53. The molecule has 0 aromatic rings. The van der Waals surface area contributed by atoms with Gasteiger partial charge in [-0.3, -0.25) is 4.90 Å². The average molecular weight is 226 g/mol. The molecule has 3 heteroatoms. The van der Waals surface area contributed by atoms with Crippen molar-refractivity contribution in [3.05, 3.63) is 0 Å². The third kappa shape index (κ3) is 4.04. The molecular formula is C13H26N2O. The molecule has 1 N–H and O–H groups in total. The largest absolute Gasteiger partial charge is 0.376 e. The van der Waals surface area contributed by atoms with E-state index in [1.54, 1.807) is 0 Å². The van der Waals surface area contributed by atoms with Crippen LogP contribution in [0.2, 0.25) is 0 Å². The van der Waals surface area contributed by atoms with Crippen LogP contribution >= 0.6 is 0 Å². The Labute approximate surface area is 99.5 Å². The van der Waals surface area contributed by atoms with Crippen LogP contribution in [-0.2, 0) is 4.74 Å². The van der Waals surface area contributed by atoms with Crippen molar-refractivity contribution in [2.24, 2.45) is 5.92 Å². The molecule has 0 aromatic carbocycles. The molecular weight excluding hydrogens is 200 g/mol. The molecule has 1 saturated carbocycles. The second-order valence-corrected chi connectivity index (χ2v) is 5.34. The molecule has 1 saturated heterocycles. The van der Waals surface area contributed by atoms with Crippen LogP contribution in [0.5, 0.6) is 0 Å². The summed E-state index contributed by atoms with van der Waals surface area (Å²) in [4.78, 5) is 2.51. The van der Waals surface area contributed by atoms with Gasteiger partial charge in [0, 0.05) is 26.2 Å². The van der Waals surface area contributed by atoms with E-state index in [0.29, 0.717) is 6.10 Å². The lowest BCUT2D eigenvalue weighted by atomic mass is 10.1. The van der Waals surface area contributed by atoms with Crippen LogP contribution in [0.15, 0.2) is 0 Å². The van der Waals surface area contributed by atoms with Gasteiger partial charge in [-0.15, -0.1) is 0 Å². The van der Waals surface area contributed by atoms with Crippen molar-refractivity contribution in [1.29, 1.82) is 0 Å². The van der Waals surface area contributed by atoms with E-state index in [4.69, 9.17) is 4.74 Å². The molecule has 1 aliphatic heterocycles. The fourth-order valence-electron chi connectivity index (χ4n) is 2.85. The molecule has 0 bridgehead atoms. The molecule has 0 aromatic heterocycles. The van der Waals surface area contributed by atoms with E-state index in [0.717, 1.165) is 32.2 Å². The zero-order valence-corrected chi connectivity index (χ0v) is 10.6. The summed E-state index contributed by atoms with van der Waals surface area (Å²) in [5, 5.41) is 3.61. The topological polar surface area (TPSA) is 24.5 Å². The Kier molecular flexibility index (Phi) is 5.07. The molecule has 0 radical (unpaired) electrons. The van der Waals surface area contributed by atoms with Gasteiger partial charge < -0.3 is 10.1 Å². The Morgan fingerprint density at radius 1 is 1.31 bits per heavy atom. The van der Waals surface area contributed by atoms with Crippen molar-refractivity contribution >= 4 is 0 Å². The monoisotopic (exact) mass is 226 g/mol. The maximum Gasteiger partial charge on any atom is 0.0674 e. The van der Waals surface area contributed by atoms with Crippen molar-refractivity contribution in [1.82, 2.24) is 10.2 Å². The number of morpholine rings is 1. The van der Waals surface area contributed by atoms with Crippen LogP contribution < -0.4 is 5.32 Å². The predicted octanol–water partition coefficient (Wildman–Crippen LogP) is 1.49. The fourth-order valence-corrected chi connectivity index (χ4v) is 2.85. The van der Waals surface area contributed by atoms with Gasteiger partial charge in [-0.2, -0.15) is 0 Å². The van der Waals surface area contributed by atoms with Crippen molar-refractivity contribution in [3.8, 4) is 0 Å². The van der Waals surface area contributed by atoms with Crippen molar-refractivity contribution < 1.29 is 4.74 Å². The van der Waals surface area contributed by atoms with Crippen molar-refractivity contribution in [2.45, 2.75) is 38.7 Å². The third-order valence-corrected chi connectivity index (χ3v) is 3.84. The lowest BCUT2D eigenvalue weighted by Crippen LogP contribution is -2.44. The van der Waals surface area contributed by atoms with Gasteiger partial charge in [-0.05, 0) is 32.2 Å². The predicted molar refractivity (Wildman–Crippen MR) is 66.7 cm³/mol. The Balaban J connectivity index is 1.50. The number of hydrogen-bond acceptors (Lipinski definition) is 3. The molecule has 1 atom stereocenters. The molecule has 1 heterocycles. The zero-order chi connectivity index (χ0) is 11.2. The van der Waals surface area contributed by atoms with Gasteiger partial charge in [0.1, 0.15) is 0 Å². The van der Waals surface area contributed by atoms with Crippen molar-refractivity contribution in [2.75, 3.05) is 39.3 Å². The summed E-state index contributed by atoms with van der Waals surface area (Å²) in [5.74, 6) is 0.962. The van der Waals surface area contributed by atoms with Gasteiger partial charge in [0.25, 0.3) is 0 Å². The summed E-state index contributed by atoms with van der Waals surface area (Å²) in [5.41, 5.74) is 0. The number of nitrogens with one attached hydrogen (secondary N) is 1. The van der Waals surface area contributed by atoms with E-state index in [1.807, 2.05) is 0 Å². The quantitative estimate of drug-likeness (QED) is 0.719. The van der Waals surface area contributed by atoms with Crippen LogP contribution in [0.3, 0.4) is 0 Å². The summed E-state index contributed by atoms with van der Waals surface area (Å²) >= 11 is 0. The number of ether oxygens (including phenoxy) is 1. The van der Waals surface area contributed by atoms with Gasteiger partial charge in [-0.25, -0.2) is 0 Å². The minimum Gasteiger partial charge on any atom is -0.376 e. The van der Waals surface area contributed by atoms with E-state index >= 15 is 0 Å². The molecule has 0 spiro atoms. The Morgan fingerprint density at radius 3 is 2.88 bits per heavy atom. The van der Waals surface area contributed by atoms with Gasteiger partial charge in [-0.1, -0.05) is 12.8 Å². The summed E-state index contributed by atoms with van der Waals surface area (Å²) in [6.45, 7) is 8.84. The minimum absolute atomic E-state index is 0.420. The normalized spacial score (nSPS) is 28.7. The van der Waals surface area contributed by atoms with Gasteiger partial charge in [0.2, 0.25) is 0 Å². The van der Waals surface area contributed by atoms with Crippen LogP contribution in [0.25, 0.3) is 0 Å². The van der Waals surface area contributed by atoms with Crippen LogP contribution in [0.4, 0.5) is 0 Å². The smallest absolute Gasteiger partial charge is 0.0674 e. The first-order valence-electron chi connectivity index (χ1n) is 6.89. The lowest BCUT2D eigenvalue weighted by molar-refractivity contribution is -0.0176. The second-order valence-electron chi connectivity index (χ2n) is 5.34. The van der Waals surface area contributed by atoms with Crippen LogP contribution in [0.1, 0.15) is 32.6 Å². The molecule has 2 fully saturated rings. The maximum absolute atomic E-state index is 5.53. The molecule has 3 nitrogen and oxygen atoms in total. The summed E-state index contributed by atoms with van der Waals surface area (Å²) in [6, 6.07) is 0. The number of nitrogens with zero attached hydrogens (tertiary/aromatic N) is 1. The van der Waals surface area contributed by atoms with E-state index in [1.165, 1.54) is 38.8 Å². The van der Waals surface area contributed by atoms with Crippen LogP contribution in [-0.4, -0.2) is 50.3 Å². The third-order valence-electron chi connectivity index (χ3n) is 3.84. The highest BCUT2D eigenvalue weighted by molar-refractivity contribution is 4.71. The first-order valence-corrected chi connectivity index (χ1v) is 6.89. The highest BCUT2D eigenvalue weighted by atomic mass is 16.5. The Morgan fingerprint density at radius 2 is 2.12 bits per heavy atom. The first kappa shape index (κ1) is 12.3. The molecule has 1 unspecified atom stereocenters. The molecule has 0 amide bonds. The minimum atomic E-state index is 0.420. The van der Waals surface area contributed by atoms with Gasteiger partial charge in [0.05, 0.1) is 12.7 Å². The number of rotatable bonds is 5. The molecule has 2 rings (SSSR count). The zero-order valence-electron chi connectivity index (χ0n) is 10.6. The average Bonchev–Trinajstić information content (AvgIpc) is 2.77. The summed E-state index contributed by atoms with van der Waals surface area (Å²) in [7, 11) is 0. The Bertz CT molecular complexity index is 192. The van der Waals surface area contributed by atoms with Crippen LogP contribution in [0, 0.1) is 5.92 Å². The summed E-state index contributed by atoms with van der Waals surface area (Å²) in [6.07, 6.45) is 6.22. The Hall–Kier alpha value is -0.120. The highest BCUT2D eigenvalue weighted by Gasteiger charge is 2.17.